The number of hydrogen-bond acceptors (Lipinski definition) is 2. The molecule has 4 heteroatoms. The molecule has 0 saturated heterocycles. The van der Waals surface area contributed by atoms with Crippen LogP contribution in [0.4, 0.5) is 0 Å². The molecule has 0 fully saturated rings. The topological polar surface area (TPSA) is 25.8 Å². The number of halogens is 2. The second-order valence-corrected chi connectivity index (χ2v) is 11.3. The van der Waals surface area contributed by atoms with Crippen LogP contribution in [0.15, 0.2) is 134 Å². The summed E-state index contributed by atoms with van der Waals surface area (Å²) >= 11 is 12.6. The Morgan fingerprint density at radius 2 is 0.857 bits per heavy atom. The second-order valence-electron chi connectivity index (χ2n) is 10.5. The molecule has 2 heterocycles. The molecule has 0 aliphatic carbocycles. The first-order valence-electron chi connectivity index (χ1n) is 13.8. The highest BCUT2D eigenvalue weighted by molar-refractivity contribution is 6.32. The molecule has 0 aliphatic rings. The molecule has 6 aromatic carbocycles. The molecule has 2 nitrogen and oxygen atoms in total. The van der Waals surface area contributed by atoms with E-state index in [2.05, 4.69) is 72.8 Å². The summed E-state index contributed by atoms with van der Waals surface area (Å²) < 4.78 is 0. The third-order valence-electron chi connectivity index (χ3n) is 8.05. The lowest BCUT2D eigenvalue weighted by molar-refractivity contribution is 1.33. The van der Waals surface area contributed by atoms with Crippen LogP contribution in [0.25, 0.3) is 77.1 Å². The largest absolute Gasteiger partial charge is 0.256 e. The first-order chi connectivity index (χ1) is 20.7. The van der Waals surface area contributed by atoms with E-state index >= 15 is 0 Å². The molecule has 0 atom stereocenters. The number of aromatic nitrogens is 2. The zero-order valence-electron chi connectivity index (χ0n) is 22.4. The third-order valence-corrected chi connectivity index (χ3v) is 8.56. The van der Waals surface area contributed by atoms with Crippen molar-refractivity contribution < 1.29 is 0 Å². The maximum absolute atomic E-state index is 6.28. The highest BCUT2D eigenvalue weighted by Gasteiger charge is 2.21. The van der Waals surface area contributed by atoms with Crippen molar-refractivity contribution in [1.29, 1.82) is 0 Å². The molecule has 8 rings (SSSR count). The molecule has 0 spiro atoms. The molecule has 0 N–H and O–H groups in total. The zero-order chi connectivity index (χ0) is 28.2. The molecule has 0 saturated carbocycles. The maximum atomic E-state index is 6.28. The predicted octanol–water partition coefficient (Wildman–Crippen LogP) is 11.3. The van der Waals surface area contributed by atoms with E-state index in [0.29, 0.717) is 10.0 Å². The van der Waals surface area contributed by atoms with Crippen molar-refractivity contribution in [3.8, 4) is 44.8 Å². The fraction of sp³-hybridized carbons (Fsp3) is 0. The number of rotatable bonds is 4. The monoisotopic (exact) mass is 576 g/mol. The van der Waals surface area contributed by atoms with Crippen LogP contribution < -0.4 is 0 Å². The predicted molar refractivity (Wildman–Crippen MR) is 177 cm³/mol. The van der Waals surface area contributed by atoms with E-state index in [0.717, 1.165) is 44.8 Å². The zero-order valence-corrected chi connectivity index (χ0v) is 23.9. The van der Waals surface area contributed by atoms with E-state index in [4.69, 9.17) is 33.2 Å². The molecule has 0 radical (unpaired) electrons. The van der Waals surface area contributed by atoms with Gasteiger partial charge in [0.1, 0.15) is 0 Å². The van der Waals surface area contributed by atoms with Gasteiger partial charge < -0.3 is 0 Å². The van der Waals surface area contributed by atoms with E-state index < -0.39 is 0 Å². The van der Waals surface area contributed by atoms with Gasteiger partial charge in [0.2, 0.25) is 0 Å². The van der Waals surface area contributed by atoms with Gasteiger partial charge in [0.05, 0.1) is 11.4 Å². The van der Waals surface area contributed by atoms with Crippen LogP contribution in [0, 0.1) is 0 Å². The Balaban J connectivity index is 1.52. The van der Waals surface area contributed by atoms with Gasteiger partial charge in [-0.2, -0.15) is 0 Å². The van der Waals surface area contributed by atoms with E-state index in [1.54, 1.807) is 0 Å². The van der Waals surface area contributed by atoms with Crippen molar-refractivity contribution in [3.63, 3.8) is 0 Å². The minimum atomic E-state index is 0.717. The van der Waals surface area contributed by atoms with Crippen molar-refractivity contribution in [1.82, 2.24) is 9.97 Å². The Morgan fingerprint density at radius 1 is 0.429 bits per heavy atom. The van der Waals surface area contributed by atoms with Gasteiger partial charge in [0.25, 0.3) is 0 Å². The normalized spacial score (nSPS) is 11.6. The summed E-state index contributed by atoms with van der Waals surface area (Å²) in [6.07, 6.45) is 3.72. The summed E-state index contributed by atoms with van der Waals surface area (Å²) in [5.74, 6) is 0. The van der Waals surface area contributed by atoms with Gasteiger partial charge in [0.15, 0.2) is 0 Å². The van der Waals surface area contributed by atoms with Gasteiger partial charge in [-0.3, -0.25) is 9.97 Å². The minimum Gasteiger partial charge on any atom is -0.256 e. The highest BCUT2D eigenvalue weighted by Crippen LogP contribution is 2.48. The maximum Gasteiger partial charge on any atom is 0.0714 e. The van der Waals surface area contributed by atoms with Gasteiger partial charge in [-0.1, -0.05) is 83.9 Å². The lowest BCUT2D eigenvalue weighted by atomic mass is 9.83. The molecule has 0 aliphatic heterocycles. The van der Waals surface area contributed by atoms with E-state index in [1.807, 2.05) is 60.9 Å². The SMILES string of the molecule is Clc1ccc(-c2cc3ccc4c(-c5ccccn5)c(-c5ccc(Cl)cc5)cc5ccc(c2-c2ccccn2)c3c54)cc1. The van der Waals surface area contributed by atoms with Crippen LogP contribution in [0.2, 0.25) is 10.0 Å². The number of nitrogens with zero attached hydrogens (tertiary/aromatic N) is 2. The molecule has 2 aromatic heterocycles. The summed E-state index contributed by atoms with van der Waals surface area (Å²) in [4.78, 5) is 9.63. The Kier molecular flexibility index (Phi) is 5.92. The van der Waals surface area contributed by atoms with E-state index in [9.17, 15) is 0 Å². The summed E-state index contributed by atoms with van der Waals surface area (Å²) in [5, 5.41) is 8.58. The lowest BCUT2D eigenvalue weighted by Gasteiger charge is -2.21. The average Bonchev–Trinajstić information content (AvgIpc) is 3.04. The van der Waals surface area contributed by atoms with E-state index in [-0.39, 0.29) is 0 Å². The first kappa shape index (κ1) is 25.0. The van der Waals surface area contributed by atoms with Crippen LogP contribution in [-0.2, 0) is 0 Å². The highest BCUT2D eigenvalue weighted by atomic mass is 35.5. The van der Waals surface area contributed by atoms with Crippen molar-refractivity contribution in [2.75, 3.05) is 0 Å². The average molecular weight is 578 g/mol. The quantitative estimate of drug-likeness (QED) is 0.195. The summed E-state index contributed by atoms with van der Waals surface area (Å²) in [7, 11) is 0. The fourth-order valence-corrected chi connectivity index (χ4v) is 6.49. The van der Waals surface area contributed by atoms with Crippen molar-refractivity contribution in [2.24, 2.45) is 0 Å². The van der Waals surface area contributed by atoms with Gasteiger partial charge in [0, 0.05) is 33.6 Å². The second kappa shape index (κ2) is 9.95. The fourth-order valence-electron chi connectivity index (χ4n) is 6.24. The molecular formula is C38H22Cl2N2. The van der Waals surface area contributed by atoms with Gasteiger partial charge in [-0.05, 0) is 115 Å². The molecule has 0 bridgehead atoms. The Morgan fingerprint density at radius 3 is 1.24 bits per heavy atom. The van der Waals surface area contributed by atoms with Crippen LogP contribution in [0.1, 0.15) is 0 Å². The van der Waals surface area contributed by atoms with Gasteiger partial charge in [-0.15, -0.1) is 0 Å². The Bertz CT molecular complexity index is 2060. The third kappa shape index (κ3) is 4.03. The lowest BCUT2D eigenvalue weighted by Crippen LogP contribution is -1.96. The standard InChI is InChI=1S/C38H22Cl2N2/c39-27-13-7-23(8-14-27)31-21-25-12-18-30-36-26(11-17-29(35(25)36)37(31)33-5-1-3-19-41-33)22-32(24-9-15-28(40)16-10-24)38(30)34-6-2-4-20-42-34/h1-22H. The Labute approximate surface area is 253 Å². The summed E-state index contributed by atoms with van der Waals surface area (Å²) in [6.45, 7) is 0. The number of hydrogen-bond donors (Lipinski definition) is 0. The van der Waals surface area contributed by atoms with Crippen LogP contribution in [0.3, 0.4) is 0 Å². The summed E-state index contributed by atoms with van der Waals surface area (Å²) in [6, 6.07) is 41.9. The van der Waals surface area contributed by atoms with Crippen molar-refractivity contribution >= 4 is 55.5 Å². The van der Waals surface area contributed by atoms with Crippen LogP contribution in [-0.4, -0.2) is 9.97 Å². The van der Waals surface area contributed by atoms with Crippen LogP contribution >= 0.6 is 23.2 Å². The molecule has 0 amide bonds. The molecule has 198 valence electrons. The number of benzene rings is 6. The summed E-state index contributed by atoms with van der Waals surface area (Å²) in [5.41, 5.74) is 8.56. The molecular weight excluding hydrogens is 555 g/mol. The molecule has 8 aromatic rings. The Hall–Kier alpha value is -4.76. The van der Waals surface area contributed by atoms with Crippen molar-refractivity contribution in [2.45, 2.75) is 0 Å². The van der Waals surface area contributed by atoms with Crippen molar-refractivity contribution in [3.05, 3.63) is 144 Å². The number of pyridine rings is 2. The smallest absolute Gasteiger partial charge is 0.0714 e. The van der Waals surface area contributed by atoms with Gasteiger partial charge >= 0.3 is 0 Å². The molecule has 42 heavy (non-hydrogen) atoms. The first-order valence-corrected chi connectivity index (χ1v) is 14.5. The van der Waals surface area contributed by atoms with Crippen LogP contribution in [0.5, 0.6) is 0 Å². The van der Waals surface area contributed by atoms with E-state index in [1.165, 1.54) is 32.3 Å². The minimum absolute atomic E-state index is 0.717. The molecule has 0 unspecified atom stereocenters. The van der Waals surface area contributed by atoms with Gasteiger partial charge in [-0.25, -0.2) is 0 Å².